The minimum atomic E-state index is 0.629. The number of ether oxygens (including phenoxy) is 1. The summed E-state index contributed by atoms with van der Waals surface area (Å²) >= 11 is 6.43. The van der Waals surface area contributed by atoms with Gasteiger partial charge < -0.3 is 10.1 Å². The smallest absolute Gasteiger partial charge is 0.118 e. The zero-order valence-electron chi connectivity index (χ0n) is 12.2. The second kappa shape index (κ2) is 5.74. The lowest BCUT2D eigenvalue weighted by Gasteiger charge is -2.11. The van der Waals surface area contributed by atoms with Crippen LogP contribution in [0.3, 0.4) is 0 Å². The third kappa shape index (κ3) is 2.40. The zero-order valence-corrected chi connectivity index (χ0v) is 12.9. The van der Waals surface area contributed by atoms with E-state index >= 15 is 0 Å². The molecule has 2 aromatic rings. The number of benzene rings is 1. The van der Waals surface area contributed by atoms with Crippen molar-refractivity contribution in [1.29, 1.82) is 0 Å². The van der Waals surface area contributed by atoms with Crippen LogP contribution in [0.2, 0.25) is 5.02 Å². The monoisotopic (exact) mass is 316 g/mol. The molecule has 1 aromatic carbocycles. The lowest BCUT2D eigenvalue weighted by atomic mass is 10.0. The van der Waals surface area contributed by atoms with Crippen molar-refractivity contribution < 1.29 is 4.74 Å². The molecular formula is C16H17ClN4O. The van der Waals surface area contributed by atoms with Crippen molar-refractivity contribution in [3.05, 3.63) is 35.0 Å². The first kappa shape index (κ1) is 13.8. The Hall–Kier alpha value is -1.85. The van der Waals surface area contributed by atoms with E-state index in [1.54, 1.807) is 0 Å². The van der Waals surface area contributed by atoms with Crippen LogP contribution in [0, 0.1) is 0 Å². The highest BCUT2D eigenvalue weighted by Crippen LogP contribution is 2.32. The Morgan fingerprint density at radius 1 is 1.36 bits per heavy atom. The SMILES string of the molecule is Clc1cccc2c(C3=CCOCC3)nn(CC3=NCCN3)c12. The van der Waals surface area contributed by atoms with Crippen LogP contribution in [-0.2, 0) is 11.3 Å². The number of para-hydroxylation sites is 1. The molecule has 0 amide bonds. The van der Waals surface area contributed by atoms with Crippen molar-refractivity contribution in [2.24, 2.45) is 4.99 Å². The van der Waals surface area contributed by atoms with E-state index in [0.717, 1.165) is 53.6 Å². The first-order chi connectivity index (χ1) is 10.8. The second-order valence-electron chi connectivity index (χ2n) is 5.45. The summed E-state index contributed by atoms with van der Waals surface area (Å²) in [4.78, 5) is 4.46. The summed E-state index contributed by atoms with van der Waals surface area (Å²) in [5.74, 6) is 0.969. The fraction of sp³-hybridized carbons (Fsp3) is 0.375. The Morgan fingerprint density at radius 3 is 3.09 bits per heavy atom. The summed E-state index contributed by atoms with van der Waals surface area (Å²) < 4.78 is 7.36. The largest absolute Gasteiger partial charge is 0.377 e. The highest BCUT2D eigenvalue weighted by molar-refractivity contribution is 6.35. The lowest BCUT2D eigenvalue weighted by molar-refractivity contribution is 0.161. The zero-order chi connectivity index (χ0) is 14.9. The maximum atomic E-state index is 6.43. The van der Waals surface area contributed by atoms with E-state index in [1.807, 2.05) is 16.8 Å². The van der Waals surface area contributed by atoms with E-state index in [9.17, 15) is 0 Å². The van der Waals surface area contributed by atoms with E-state index in [-0.39, 0.29) is 0 Å². The molecule has 0 fully saturated rings. The van der Waals surface area contributed by atoms with Crippen LogP contribution < -0.4 is 5.32 Å². The summed E-state index contributed by atoms with van der Waals surface area (Å²) in [6.45, 7) is 3.76. The summed E-state index contributed by atoms with van der Waals surface area (Å²) in [7, 11) is 0. The fourth-order valence-corrected chi connectivity index (χ4v) is 3.25. The maximum Gasteiger partial charge on any atom is 0.118 e. The van der Waals surface area contributed by atoms with Crippen molar-refractivity contribution in [2.75, 3.05) is 26.3 Å². The number of halogens is 1. The highest BCUT2D eigenvalue weighted by atomic mass is 35.5. The van der Waals surface area contributed by atoms with E-state index in [1.165, 1.54) is 5.57 Å². The average Bonchev–Trinajstić information content (AvgIpc) is 3.17. The Labute approximate surface area is 133 Å². The van der Waals surface area contributed by atoms with Crippen molar-refractivity contribution in [1.82, 2.24) is 15.1 Å². The molecule has 2 aliphatic rings. The number of nitrogens with zero attached hydrogens (tertiary/aromatic N) is 3. The van der Waals surface area contributed by atoms with Gasteiger partial charge in [0.05, 0.1) is 42.5 Å². The molecule has 6 heteroatoms. The third-order valence-electron chi connectivity index (χ3n) is 4.03. The molecular weight excluding hydrogens is 300 g/mol. The minimum Gasteiger partial charge on any atom is -0.377 e. The molecule has 22 heavy (non-hydrogen) atoms. The van der Waals surface area contributed by atoms with Crippen molar-refractivity contribution >= 4 is 33.9 Å². The Kier molecular flexibility index (Phi) is 3.60. The number of fused-ring (bicyclic) bond motifs is 1. The lowest BCUT2D eigenvalue weighted by Crippen LogP contribution is -2.24. The van der Waals surface area contributed by atoms with Gasteiger partial charge in [-0.05, 0) is 18.1 Å². The standard InChI is InChI=1S/C16H17ClN4O/c17-13-3-1-2-12-15(11-4-8-22-9-5-11)20-21(16(12)13)10-14-18-6-7-19-14/h1-4H,5-10H2,(H,18,19). The number of hydrogen-bond donors (Lipinski definition) is 1. The predicted octanol–water partition coefficient (Wildman–Crippen LogP) is 2.50. The summed E-state index contributed by atoms with van der Waals surface area (Å²) in [6.07, 6.45) is 3.00. The number of nitrogens with one attached hydrogen (secondary N) is 1. The molecule has 0 bridgehead atoms. The van der Waals surface area contributed by atoms with Crippen molar-refractivity contribution in [3.63, 3.8) is 0 Å². The van der Waals surface area contributed by atoms with Crippen molar-refractivity contribution in [3.8, 4) is 0 Å². The molecule has 4 rings (SSSR count). The van der Waals surface area contributed by atoms with Gasteiger partial charge in [-0.3, -0.25) is 9.67 Å². The minimum absolute atomic E-state index is 0.629. The van der Waals surface area contributed by atoms with Gasteiger partial charge in [0.1, 0.15) is 5.84 Å². The van der Waals surface area contributed by atoms with Crippen LogP contribution in [0.1, 0.15) is 12.1 Å². The number of aliphatic imine (C=N–C) groups is 1. The number of rotatable bonds is 3. The highest BCUT2D eigenvalue weighted by Gasteiger charge is 2.19. The fourth-order valence-electron chi connectivity index (χ4n) is 2.98. The van der Waals surface area contributed by atoms with Gasteiger partial charge in [0.2, 0.25) is 0 Å². The van der Waals surface area contributed by atoms with Gasteiger partial charge in [-0.2, -0.15) is 5.10 Å². The quantitative estimate of drug-likeness (QED) is 0.946. The van der Waals surface area contributed by atoms with Gasteiger partial charge in [0, 0.05) is 11.9 Å². The van der Waals surface area contributed by atoms with Crippen LogP contribution in [0.5, 0.6) is 0 Å². The second-order valence-corrected chi connectivity index (χ2v) is 5.86. The van der Waals surface area contributed by atoms with Gasteiger partial charge >= 0.3 is 0 Å². The van der Waals surface area contributed by atoms with Gasteiger partial charge in [-0.25, -0.2) is 0 Å². The van der Waals surface area contributed by atoms with Gasteiger partial charge in [0.25, 0.3) is 0 Å². The summed E-state index contributed by atoms with van der Waals surface area (Å²) in [5, 5.41) is 9.94. The van der Waals surface area contributed by atoms with Crippen LogP contribution in [0.4, 0.5) is 0 Å². The Morgan fingerprint density at radius 2 is 2.32 bits per heavy atom. The molecule has 3 heterocycles. The van der Waals surface area contributed by atoms with E-state index in [0.29, 0.717) is 13.2 Å². The van der Waals surface area contributed by atoms with Crippen LogP contribution in [0.15, 0.2) is 29.3 Å². The normalized spacial score (nSPS) is 18.2. The number of amidine groups is 1. The van der Waals surface area contributed by atoms with Gasteiger partial charge in [-0.15, -0.1) is 0 Å². The molecule has 0 saturated heterocycles. The van der Waals surface area contributed by atoms with Crippen LogP contribution in [-0.4, -0.2) is 41.9 Å². The molecule has 0 spiro atoms. The van der Waals surface area contributed by atoms with Gasteiger partial charge in [0.15, 0.2) is 0 Å². The molecule has 0 saturated carbocycles. The molecule has 1 N–H and O–H groups in total. The number of aromatic nitrogens is 2. The molecule has 0 atom stereocenters. The Bertz CT molecular complexity index is 778. The van der Waals surface area contributed by atoms with E-state index in [4.69, 9.17) is 21.4 Å². The summed E-state index contributed by atoms with van der Waals surface area (Å²) in [5.41, 5.74) is 3.22. The first-order valence-electron chi connectivity index (χ1n) is 7.52. The molecule has 0 aliphatic carbocycles. The third-order valence-corrected chi connectivity index (χ3v) is 4.34. The van der Waals surface area contributed by atoms with E-state index < -0.39 is 0 Å². The van der Waals surface area contributed by atoms with Gasteiger partial charge in [-0.1, -0.05) is 29.8 Å². The molecule has 0 radical (unpaired) electrons. The first-order valence-corrected chi connectivity index (χ1v) is 7.90. The van der Waals surface area contributed by atoms with Crippen LogP contribution >= 0.6 is 11.6 Å². The molecule has 2 aliphatic heterocycles. The van der Waals surface area contributed by atoms with Crippen LogP contribution in [0.25, 0.3) is 16.5 Å². The Balaban J connectivity index is 1.83. The van der Waals surface area contributed by atoms with E-state index in [2.05, 4.69) is 22.5 Å². The molecule has 114 valence electrons. The molecule has 1 aromatic heterocycles. The number of hydrogen-bond acceptors (Lipinski definition) is 4. The maximum absolute atomic E-state index is 6.43. The molecule has 5 nitrogen and oxygen atoms in total. The average molecular weight is 317 g/mol. The summed E-state index contributed by atoms with van der Waals surface area (Å²) in [6, 6.07) is 5.97. The molecule has 0 unspecified atom stereocenters. The van der Waals surface area contributed by atoms with Crippen molar-refractivity contribution in [2.45, 2.75) is 13.0 Å². The topological polar surface area (TPSA) is 51.4 Å². The predicted molar refractivity (Wildman–Crippen MR) is 88.5 cm³/mol.